The molecule has 3 aromatic rings. The van der Waals surface area contributed by atoms with E-state index in [9.17, 15) is 9.59 Å². The Kier molecular flexibility index (Phi) is 6.06. The van der Waals surface area contributed by atoms with Crippen LogP contribution < -0.4 is 5.43 Å². The van der Waals surface area contributed by atoms with Gasteiger partial charge in [-0.15, -0.1) is 0 Å². The van der Waals surface area contributed by atoms with Gasteiger partial charge in [0.05, 0.1) is 16.8 Å². The molecule has 29 heavy (non-hydrogen) atoms. The molecule has 1 heterocycles. The summed E-state index contributed by atoms with van der Waals surface area (Å²) in [6.07, 6.45) is 1.55. The normalized spacial score (nSPS) is 11.0. The number of aryl methyl sites for hydroxylation is 1. The minimum absolute atomic E-state index is 0.0448. The van der Waals surface area contributed by atoms with Crippen LogP contribution in [-0.4, -0.2) is 27.8 Å². The van der Waals surface area contributed by atoms with Gasteiger partial charge in [0.2, 0.25) is 0 Å². The zero-order valence-electron chi connectivity index (χ0n) is 15.6. The Balaban J connectivity index is 1.82. The number of nitrogens with one attached hydrogen (secondary N) is 1. The van der Waals surface area contributed by atoms with Crippen molar-refractivity contribution < 1.29 is 14.7 Å². The van der Waals surface area contributed by atoms with E-state index in [4.69, 9.17) is 28.3 Å². The van der Waals surface area contributed by atoms with Crippen molar-refractivity contribution in [3.05, 3.63) is 86.7 Å². The summed E-state index contributed by atoms with van der Waals surface area (Å²) < 4.78 is 1.93. The molecule has 0 bridgehead atoms. The van der Waals surface area contributed by atoms with Crippen molar-refractivity contribution in [1.29, 1.82) is 0 Å². The molecule has 6 nitrogen and oxygen atoms in total. The molecule has 0 unspecified atom stereocenters. The van der Waals surface area contributed by atoms with E-state index in [0.717, 1.165) is 22.6 Å². The number of carbonyl (C=O) groups excluding carboxylic acids is 1. The third-order valence-corrected chi connectivity index (χ3v) is 4.92. The molecule has 3 rings (SSSR count). The molecule has 0 spiro atoms. The molecule has 148 valence electrons. The van der Waals surface area contributed by atoms with Crippen molar-refractivity contribution in [2.75, 3.05) is 0 Å². The van der Waals surface area contributed by atoms with Gasteiger partial charge in [-0.3, -0.25) is 4.79 Å². The number of benzene rings is 2. The molecule has 8 heteroatoms. The molecule has 2 aromatic carbocycles. The van der Waals surface area contributed by atoms with Crippen molar-refractivity contribution in [3.63, 3.8) is 0 Å². The Morgan fingerprint density at radius 3 is 2.52 bits per heavy atom. The van der Waals surface area contributed by atoms with Crippen LogP contribution >= 0.6 is 23.2 Å². The highest BCUT2D eigenvalue weighted by atomic mass is 35.5. The summed E-state index contributed by atoms with van der Waals surface area (Å²) in [7, 11) is 0. The van der Waals surface area contributed by atoms with Gasteiger partial charge >= 0.3 is 5.97 Å². The predicted octanol–water partition coefficient (Wildman–Crippen LogP) is 4.86. The number of carboxylic acid groups (broad SMARTS) is 1. The molecular formula is C21H17Cl2N3O3. The summed E-state index contributed by atoms with van der Waals surface area (Å²) in [5.41, 5.74) is 6.23. The summed E-state index contributed by atoms with van der Waals surface area (Å²) >= 11 is 12.0. The molecule has 0 saturated carbocycles. The van der Waals surface area contributed by atoms with E-state index in [-0.39, 0.29) is 16.5 Å². The molecular weight excluding hydrogens is 413 g/mol. The van der Waals surface area contributed by atoms with Crippen LogP contribution in [-0.2, 0) is 0 Å². The number of carboxylic acids is 1. The summed E-state index contributed by atoms with van der Waals surface area (Å²) in [5.74, 6) is -1.45. The van der Waals surface area contributed by atoms with E-state index in [1.54, 1.807) is 42.6 Å². The zero-order chi connectivity index (χ0) is 21.1. The Morgan fingerprint density at radius 2 is 1.86 bits per heavy atom. The molecule has 0 saturated heterocycles. The highest BCUT2D eigenvalue weighted by molar-refractivity contribution is 6.33. The number of aromatic nitrogens is 1. The van der Waals surface area contributed by atoms with Crippen LogP contribution in [0.25, 0.3) is 5.69 Å². The maximum absolute atomic E-state index is 12.1. The molecule has 0 aliphatic rings. The fourth-order valence-electron chi connectivity index (χ4n) is 2.99. The van der Waals surface area contributed by atoms with Crippen LogP contribution in [0.2, 0.25) is 10.0 Å². The van der Waals surface area contributed by atoms with E-state index < -0.39 is 5.97 Å². The lowest BCUT2D eigenvalue weighted by Gasteiger charge is -2.11. The number of hydrazone groups is 1. The van der Waals surface area contributed by atoms with Gasteiger partial charge in [0.1, 0.15) is 0 Å². The number of rotatable bonds is 5. The second-order valence-corrected chi connectivity index (χ2v) is 7.18. The van der Waals surface area contributed by atoms with Crippen LogP contribution in [0.4, 0.5) is 0 Å². The molecule has 2 N–H and O–H groups in total. The van der Waals surface area contributed by atoms with Crippen LogP contribution in [0.1, 0.15) is 37.7 Å². The third-order valence-electron chi connectivity index (χ3n) is 4.37. The highest BCUT2D eigenvalue weighted by Crippen LogP contribution is 2.25. The molecule has 1 amide bonds. The molecule has 1 aromatic heterocycles. The van der Waals surface area contributed by atoms with Crippen LogP contribution in [0.5, 0.6) is 0 Å². The van der Waals surface area contributed by atoms with Crippen molar-refractivity contribution in [2.45, 2.75) is 13.8 Å². The van der Waals surface area contributed by atoms with Crippen molar-refractivity contribution in [3.8, 4) is 5.69 Å². The maximum atomic E-state index is 12.1. The minimum Gasteiger partial charge on any atom is -0.478 e. The fourth-order valence-corrected chi connectivity index (χ4v) is 3.43. The minimum atomic E-state index is -1.08. The second kappa shape index (κ2) is 8.51. The Morgan fingerprint density at radius 1 is 1.10 bits per heavy atom. The molecule has 0 aliphatic heterocycles. The number of hydrogen-bond acceptors (Lipinski definition) is 3. The molecule has 0 atom stereocenters. The summed E-state index contributed by atoms with van der Waals surface area (Å²) in [4.78, 5) is 23.3. The van der Waals surface area contributed by atoms with Crippen LogP contribution in [0.3, 0.4) is 0 Å². The van der Waals surface area contributed by atoms with Gasteiger partial charge in [0.15, 0.2) is 0 Å². The summed E-state index contributed by atoms with van der Waals surface area (Å²) in [6, 6.07) is 13.3. The first-order valence-corrected chi connectivity index (χ1v) is 9.34. The number of nitrogens with zero attached hydrogens (tertiary/aromatic N) is 2. The third kappa shape index (κ3) is 4.50. The van der Waals surface area contributed by atoms with E-state index in [0.29, 0.717) is 10.6 Å². The van der Waals surface area contributed by atoms with Gasteiger partial charge in [0.25, 0.3) is 5.91 Å². The first-order valence-electron chi connectivity index (χ1n) is 8.59. The quantitative estimate of drug-likeness (QED) is 0.448. The predicted molar refractivity (Wildman–Crippen MR) is 114 cm³/mol. The first kappa shape index (κ1) is 20.6. The summed E-state index contributed by atoms with van der Waals surface area (Å²) in [6.45, 7) is 3.81. The molecule has 0 radical (unpaired) electrons. The first-order chi connectivity index (χ1) is 13.8. The zero-order valence-corrected chi connectivity index (χ0v) is 17.1. The van der Waals surface area contributed by atoms with E-state index in [2.05, 4.69) is 10.5 Å². The van der Waals surface area contributed by atoms with E-state index >= 15 is 0 Å². The second-order valence-electron chi connectivity index (χ2n) is 6.34. The average Bonchev–Trinajstić information content (AvgIpc) is 2.94. The van der Waals surface area contributed by atoms with Crippen molar-refractivity contribution in [1.82, 2.24) is 9.99 Å². The monoisotopic (exact) mass is 429 g/mol. The van der Waals surface area contributed by atoms with Crippen LogP contribution in [0.15, 0.2) is 53.6 Å². The topological polar surface area (TPSA) is 83.7 Å². The van der Waals surface area contributed by atoms with Gasteiger partial charge in [-0.05, 0) is 56.3 Å². The lowest BCUT2D eigenvalue weighted by molar-refractivity contribution is 0.0697. The van der Waals surface area contributed by atoms with Crippen LogP contribution in [0, 0.1) is 13.8 Å². The Hall–Kier alpha value is -3.09. The number of amides is 1. The fraction of sp³-hybridized carbons (Fsp3) is 0.0952. The van der Waals surface area contributed by atoms with E-state index in [1.165, 1.54) is 6.07 Å². The Bertz CT molecular complexity index is 1140. The largest absolute Gasteiger partial charge is 0.478 e. The SMILES string of the molecule is Cc1cc(/C=N\NC(=O)c2cccc(Cl)c2)c(C)n1-c1ccc(C(=O)O)c(Cl)c1. The van der Waals surface area contributed by atoms with Gasteiger partial charge in [-0.25, -0.2) is 10.2 Å². The molecule has 0 fully saturated rings. The number of carbonyl (C=O) groups is 2. The van der Waals surface area contributed by atoms with Gasteiger partial charge < -0.3 is 9.67 Å². The standard InChI is InChI=1S/C21H17Cl2N3O3/c1-12-8-15(11-24-25-20(27)14-4-3-5-16(22)9-14)13(2)26(12)17-6-7-18(21(28)29)19(23)10-17/h3-11H,1-2H3,(H,25,27)(H,28,29)/b24-11-. The average molecular weight is 430 g/mol. The number of aromatic carboxylic acids is 1. The van der Waals surface area contributed by atoms with E-state index in [1.807, 2.05) is 24.5 Å². The summed E-state index contributed by atoms with van der Waals surface area (Å²) in [5, 5.41) is 13.8. The van der Waals surface area contributed by atoms with Gasteiger partial charge in [-0.2, -0.15) is 5.10 Å². The Labute approximate surface area is 177 Å². The number of halogens is 2. The van der Waals surface area contributed by atoms with Gasteiger partial charge in [0, 0.05) is 33.2 Å². The van der Waals surface area contributed by atoms with Crippen molar-refractivity contribution in [2.24, 2.45) is 5.10 Å². The molecule has 0 aliphatic carbocycles. The smallest absolute Gasteiger partial charge is 0.337 e. The van der Waals surface area contributed by atoms with Crippen molar-refractivity contribution >= 4 is 41.3 Å². The lowest BCUT2D eigenvalue weighted by atomic mass is 10.2. The maximum Gasteiger partial charge on any atom is 0.337 e. The lowest BCUT2D eigenvalue weighted by Crippen LogP contribution is -2.17. The van der Waals surface area contributed by atoms with Gasteiger partial charge in [-0.1, -0.05) is 29.3 Å². The highest BCUT2D eigenvalue weighted by Gasteiger charge is 2.14. The number of hydrogen-bond donors (Lipinski definition) is 2.